The Labute approximate surface area is 205 Å². The molecule has 36 heavy (non-hydrogen) atoms. The summed E-state index contributed by atoms with van der Waals surface area (Å²) in [6.45, 7) is 2.24. The van der Waals surface area contributed by atoms with E-state index >= 15 is 0 Å². The number of carbonyl (C=O) groups excluding carboxylic acids is 1. The third-order valence-corrected chi connectivity index (χ3v) is 6.60. The van der Waals surface area contributed by atoms with E-state index in [0.717, 1.165) is 17.7 Å². The van der Waals surface area contributed by atoms with Crippen molar-refractivity contribution in [3.05, 3.63) is 76.9 Å². The summed E-state index contributed by atoms with van der Waals surface area (Å²) in [6.07, 6.45) is 2.24. The summed E-state index contributed by atoms with van der Waals surface area (Å²) in [6, 6.07) is 8.61. The summed E-state index contributed by atoms with van der Waals surface area (Å²) >= 11 is 0. The molecule has 0 saturated carbocycles. The molecule has 0 bridgehead atoms. The number of hydrogen-bond donors (Lipinski definition) is 0. The Kier molecular flexibility index (Phi) is 5.82. The van der Waals surface area contributed by atoms with E-state index < -0.39 is 23.5 Å². The zero-order valence-electron chi connectivity index (χ0n) is 20.2. The largest absolute Gasteiger partial charge is 0.496 e. The number of ether oxygens (including phenoxy) is 1. The van der Waals surface area contributed by atoms with Crippen LogP contribution in [0.15, 0.2) is 42.6 Å². The van der Waals surface area contributed by atoms with Gasteiger partial charge in [-0.3, -0.25) is 14.2 Å². The van der Waals surface area contributed by atoms with Crippen molar-refractivity contribution in [1.82, 2.24) is 24.5 Å². The highest BCUT2D eigenvalue weighted by atomic mass is 19.2. The first-order valence-corrected chi connectivity index (χ1v) is 11.4. The first-order chi connectivity index (χ1) is 17.2. The Hall–Kier alpha value is -4.08. The smallest absolute Gasteiger partial charge is 0.254 e. The summed E-state index contributed by atoms with van der Waals surface area (Å²) in [5, 5.41) is 8.99. The van der Waals surface area contributed by atoms with Gasteiger partial charge in [0.05, 0.1) is 30.2 Å². The van der Waals surface area contributed by atoms with E-state index in [1.54, 1.807) is 41.9 Å². The van der Waals surface area contributed by atoms with Crippen LogP contribution in [-0.2, 0) is 20.5 Å². The highest BCUT2D eigenvalue weighted by Gasteiger charge is 2.34. The van der Waals surface area contributed by atoms with Crippen molar-refractivity contribution in [2.45, 2.75) is 19.4 Å². The number of hydrogen-bond acceptors (Lipinski definition) is 4. The lowest BCUT2D eigenvalue weighted by Gasteiger charge is -2.33. The molecule has 1 aliphatic heterocycles. The average Bonchev–Trinajstić information content (AvgIpc) is 3.44. The Bertz CT molecular complexity index is 1470. The number of amides is 1. The molecule has 2 aromatic heterocycles. The predicted molar refractivity (Wildman–Crippen MR) is 127 cm³/mol. The molecule has 4 aromatic rings. The van der Waals surface area contributed by atoms with Crippen LogP contribution in [0.4, 0.5) is 13.2 Å². The van der Waals surface area contributed by atoms with Crippen LogP contribution >= 0.6 is 0 Å². The first kappa shape index (κ1) is 23.7. The minimum Gasteiger partial charge on any atom is -0.496 e. The SMILES string of the molecule is COc1ccc(C(=O)N2CCc3c(nn(C)c3-c3cc(F)c(F)c(F)c3)[C@@H]2C)cc1-c1ccn(C)n1. The minimum absolute atomic E-state index is 0.181. The molecule has 0 saturated heterocycles. The third kappa shape index (κ3) is 3.82. The molecular formula is C26H24F3N5O2. The van der Waals surface area contributed by atoms with Gasteiger partial charge in [-0.05, 0) is 49.7 Å². The van der Waals surface area contributed by atoms with E-state index in [2.05, 4.69) is 10.2 Å². The number of halogens is 3. The highest BCUT2D eigenvalue weighted by Crippen LogP contribution is 2.37. The van der Waals surface area contributed by atoms with Gasteiger partial charge in [-0.2, -0.15) is 10.2 Å². The van der Waals surface area contributed by atoms with Gasteiger partial charge in [0.2, 0.25) is 0 Å². The maximum atomic E-state index is 13.9. The van der Waals surface area contributed by atoms with Gasteiger partial charge < -0.3 is 9.64 Å². The second kappa shape index (κ2) is 8.85. The monoisotopic (exact) mass is 495 g/mol. The molecule has 7 nitrogen and oxygen atoms in total. The van der Waals surface area contributed by atoms with Crippen molar-refractivity contribution in [2.24, 2.45) is 14.1 Å². The van der Waals surface area contributed by atoms with Gasteiger partial charge in [-0.15, -0.1) is 0 Å². The van der Waals surface area contributed by atoms with Crippen molar-refractivity contribution in [2.75, 3.05) is 13.7 Å². The number of fused-ring (bicyclic) bond motifs is 1. The average molecular weight is 496 g/mol. The minimum atomic E-state index is -1.51. The van der Waals surface area contributed by atoms with Crippen molar-refractivity contribution in [3.63, 3.8) is 0 Å². The van der Waals surface area contributed by atoms with Crippen LogP contribution in [0.25, 0.3) is 22.5 Å². The summed E-state index contributed by atoms with van der Waals surface area (Å²) in [4.78, 5) is 15.3. The number of rotatable bonds is 4. The highest BCUT2D eigenvalue weighted by molar-refractivity contribution is 5.96. The Balaban J connectivity index is 1.49. The van der Waals surface area contributed by atoms with Gasteiger partial charge in [0.1, 0.15) is 5.75 Å². The molecule has 1 aliphatic rings. The van der Waals surface area contributed by atoms with Crippen molar-refractivity contribution >= 4 is 5.91 Å². The van der Waals surface area contributed by atoms with E-state index in [1.165, 1.54) is 4.68 Å². The molecule has 1 amide bonds. The fourth-order valence-corrected chi connectivity index (χ4v) is 4.84. The molecule has 0 N–H and O–H groups in total. The molecule has 0 spiro atoms. The lowest BCUT2D eigenvalue weighted by atomic mass is 9.94. The zero-order valence-corrected chi connectivity index (χ0v) is 20.2. The first-order valence-electron chi connectivity index (χ1n) is 11.4. The summed E-state index contributed by atoms with van der Waals surface area (Å²) < 4.78 is 50.0. The standard InChI is InChI=1S/C26H24F3N5O2/c1-14-24-17(25(33(3)31-24)16-12-19(27)23(29)20(28)13-16)7-10-34(14)26(35)15-5-6-22(36-4)18(11-15)21-8-9-32(2)30-21/h5-6,8-9,11-14H,7,10H2,1-4H3/t14-/m0/s1. The van der Waals surface area contributed by atoms with Gasteiger partial charge in [0, 0.05) is 49.1 Å². The molecule has 1 atom stereocenters. The van der Waals surface area contributed by atoms with Crippen LogP contribution in [0.5, 0.6) is 5.75 Å². The molecular weight excluding hydrogens is 471 g/mol. The second-order valence-corrected chi connectivity index (χ2v) is 8.80. The number of nitrogens with zero attached hydrogens (tertiary/aromatic N) is 5. The predicted octanol–water partition coefficient (Wildman–Crippen LogP) is 4.67. The number of aromatic nitrogens is 4. The maximum absolute atomic E-state index is 13.9. The van der Waals surface area contributed by atoms with E-state index in [-0.39, 0.29) is 11.5 Å². The fourth-order valence-electron chi connectivity index (χ4n) is 4.84. The lowest BCUT2D eigenvalue weighted by molar-refractivity contribution is 0.0673. The molecule has 0 fully saturated rings. The molecule has 0 aliphatic carbocycles. The van der Waals surface area contributed by atoms with Gasteiger partial charge in [-0.1, -0.05) is 0 Å². The van der Waals surface area contributed by atoms with Crippen LogP contribution in [0, 0.1) is 17.5 Å². The molecule has 5 rings (SSSR count). The Morgan fingerprint density at radius 2 is 1.78 bits per heavy atom. The molecule has 0 radical (unpaired) electrons. The van der Waals surface area contributed by atoms with Gasteiger partial charge in [0.25, 0.3) is 5.91 Å². The number of benzene rings is 2. The van der Waals surface area contributed by atoms with Crippen LogP contribution in [0.1, 0.15) is 34.6 Å². The number of aryl methyl sites for hydroxylation is 2. The normalized spacial score (nSPS) is 15.2. The van der Waals surface area contributed by atoms with Gasteiger partial charge in [0.15, 0.2) is 17.5 Å². The zero-order chi connectivity index (χ0) is 25.7. The molecule has 2 aromatic carbocycles. The van der Waals surface area contributed by atoms with Crippen molar-refractivity contribution in [3.8, 4) is 28.3 Å². The van der Waals surface area contributed by atoms with Gasteiger partial charge in [-0.25, -0.2) is 13.2 Å². The van der Waals surface area contributed by atoms with E-state index in [4.69, 9.17) is 4.74 Å². The van der Waals surface area contributed by atoms with E-state index in [9.17, 15) is 18.0 Å². The van der Waals surface area contributed by atoms with Crippen molar-refractivity contribution in [1.29, 1.82) is 0 Å². The second-order valence-electron chi connectivity index (χ2n) is 8.80. The molecule has 10 heteroatoms. The number of carbonyl (C=O) groups is 1. The topological polar surface area (TPSA) is 65.2 Å². The molecule has 3 heterocycles. The van der Waals surface area contributed by atoms with E-state index in [1.807, 2.05) is 26.2 Å². The van der Waals surface area contributed by atoms with Gasteiger partial charge >= 0.3 is 0 Å². The summed E-state index contributed by atoms with van der Waals surface area (Å²) in [5.74, 6) is -3.61. The van der Waals surface area contributed by atoms with Crippen LogP contribution in [-0.4, -0.2) is 44.0 Å². The molecule has 0 unspecified atom stereocenters. The van der Waals surface area contributed by atoms with E-state index in [0.29, 0.717) is 46.9 Å². The van der Waals surface area contributed by atoms with Crippen LogP contribution in [0.2, 0.25) is 0 Å². The maximum Gasteiger partial charge on any atom is 0.254 e. The summed E-state index contributed by atoms with van der Waals surface area (Å²) in [7, 11) is 5.04. The third-order valence-electron chi connectivity index (χ3n) is 6.60. The summed E-state index contributed by atoms with van der Waals surface area (Å²) in [5.41, 5.74) is 3.99. The van der Waals surface area contributed by atoms with Crippen molar-refractivity contribution < 1.29 is 22.7 Å². The number of methoxy groups -OCH3 is 1. The lowest BCUT2D eigenvalue weighted by Crippen LogP contribution is -2.38. The Morgan fingerprint density at radius 1 is 1.06 bits per heavy atom. The van der Waals surface area contributed by atoms with Crippen LogP contribution < -0.4 is 4.74 Å². The molecule has 186 valence electrons. The fraction of sp³-hybridized carbons (Fsp3) is 0.269. The quantitative estimate of drug-likeness (QED) is 0.386. The van der Waals surface area contributed by atoms with Crippen LogP contribution in [0.3, 0.4) is 0 Å². The Morgan fingerprint density at radius 3 is 2.42 bits per heavy atom.